The molecule has 0 saturated heterocycles. The van der Waals surface area contributed by atoms with Crippen molar-refractivity contribution < 1.29 is 9.26 Å². The first kappa shape index (κ1) is 17.7. The summed E-state index contributed by atoms with van der Waals surface area (Å²) in [6.45, 7) is 4.86. The summed E-state index contributed by atoms with van der Waals surface area (Å²) in [7, 11) is 0. The van der Waals surface area contributed by atoms with Crippen LogP contribution in [0.1, 0.15) is 32.1 Å². The normalized spacial score (nSPS) is 24.6. The molecular formula is C17H22ClN3O2S. The molecule has 1 N–H and O–H groups in total. The molecule has 1 aliphatic rings. The van der Waals surface area contributed by atoms with Gasteiger partial charge in [-0.05, 0) is 50.8 Å². The number of aromatic nitrogens is 2. The highest BCUT2D eigenvalue weighted by Gasteiger charge is 2.42. The van der Waals surface area contributed by atoms with E-state index in [9.17, 15) is 0 Å². The third-order valence-corrected chi connectivity index (χ3v) is 5.71. The zero-order valence-corrected chi connectivity index (χ0v) is 15.6. The van der Waals surface area contributed by atoms with Crippen molar-refractivity contribution in [3.8, 4) is 11.5 Å². The van der Waals surface area contributed by atoms with Crippen molar-refractivity contribution in [1.82, 2.24) is 15.5 Å². The van der Waals surface area contributed by atoms with Crippen LogP contribution in [0.15, 0.2) is 28.8 Å². The van der Waals surface area contributed by atoms with Crippen molar-refractivity contribution >= 4 is 23.4 Å². The van der Waals surface area contributed by atoms with Gasteiger partial charge in [0, 0.05) is 28.5 Å². The minimum Gasteiger partial charge on any atom is -0.377 e. The van der Waals surface area contributed by atoms with Gasteiger partial charge in [0.2, 0.25) is 0 Å². The lowest BCUT2D eigenvalue weighted by Gasteiger charge is -2.44. The smallest absolute Gasteiger partial charge is 0.257 e. The third kappa shape index (κ3) is 3.77. The number of hydrogen-bond acceptors (Lipinski definition) is 6. The van der Waals surface area contributed by atoms with E-state index in [2.05, 4.69) is 28.6 Å². The summed E-state index contributed by atoms with van der Waals surface area (Å²) < 4.78 is 11.1. The van der Waals surface area contributed by atoms with Gasteiger partial charge in [-0.15, -0.1) is 0 Å². The Hall–Kier alpha value is -1.08. The summed E-state index contributed by atoms with van der Waals surface area (Å²) in [5, 5.41) is 8.86. The van der Waals surface area contributed by atoms with Crippen LogP contribution in [0.3, 0.4) is 0 Å². The van der Waals surface area contributed by atoms with Gasteiger partial charge >= 0.3 is 0 Å². The summed E-state index contributed by atoms with van der Waals surface area (Å²) in [5.41, 5.74) is 0.868. The Morgan fingerprint density at radius 1 is 1.42 bits per heavy atom. The van der Waals surface area contributed by atoms with E-state index in [1.807, 2.05) is 43.0 Å². The monoisotopic (exact) mass is 367 g/mol. The van der Waals surface area contributed by atoms with Gasteiger partial charge in [0.05, 0.1) is 12.1 Å². The van der Waals surface area contributed by atoms with Crippen LogP contribution in [0.4, 0.5) is 0 Å². The fourth-order valence-electron chi connectivity index (χ4n) is 2.95. The minimum atomic E-state index is 0.0250. The number of benzene rings is 1. The van der Waals surface area contributed by atoms with E-state index in [0.717, 1.165) is 18.6 Å². The number of ether oxygens (including phenoxy) is 1. The van der Waals surface area contributed by atoms with E-state index in [-0.39, 0.29) is 6.04 Å². The lowest BCUT2D eigenvalue weighted by Crippen LogP contribution is -2.57. The van der Waals surface area contributed by atoms with Crippen LogP contribution in [-0.2, 0) is 4.74 Å². The molecule has 7 heteroatoms. The second kappa shape index (κ2) is 7.87. The van der Waals surface area contributed by atoms with Gasteiger partial charge in [-0.2, -0.15) is 16.7 Å². The maximum atomic E-state index is 5.91. The molecule has 0 amide bonds. The van der Waals surface area contributed by atoms with Crippen LogP contribution in [-0.4, -0.2) is 40.4 Å². The lowest BCUT2D eigenvalue weighted by atomic mass is 9.87. The summed E-state index contributed by atoms with van der Waals surface area (Å²) in [6, 6.07) is 7.81. The molecule has 2 aromatic rings. The second-order valence-corrected chi connectivity index (χ2v) is 7.34. The standard InChI is InChI=1S/C17H22ClN3O2S/c1-4-22-14-9-13(15(14)24-3)19-10(2)16-20-17(23-21-16)11-5-7-12(18)8-6-11/h5-8,10,13-15,19H,4,9H2,1-3H3/t10-,13+,14-,15+/m1/s1. The first-order valence-corrected chi connectivity index (χ1v) is 9.79. The number of nitrogens with one attached hydrogen (secondary N) is 1. The van der Waals surface area contributed by atoms with Crippen LogP contribution in [0.5, 0.6) is 0 Å². The Bertz CT molecular complexity index is 664. The summed E-state index contributed by atoms with van der Waals surface area (Å²) in [5.74, 6) is 1.18. The van der Waals surface area contributed by atoms with E-state index in [1.54, 1.807) is 0 Å². The van der Waals surface area contributed by atoms with Crippen molar-refractivity contribution in [2.75, 3.05) is 12.9 Å². The topological polar surface area (TPSA) is 60.2 Å². The molecule has 1 heterocycles. The van der Waals surface area contributed by atoms with Gasteiger partial charge in [0.25, 0.3) is 5.89 Å². The highest BCUT2D eigenvalue weighted by Crippen LogP contribution is 2.34. The van der Waals surface area contributed by atoms with Crippen molar-refractivity contribution in [2.24, 2.45) is 0 Å². The average molecular weight is 368 g/mol. The van der Waals surface area contributed by atoms with Crippen molar-refractivity contribution in [1.29, 1.82) is 0 Å². The van der Waals surface area contributed by atoms with Gasteiger partial charge in [0.1, 0.15) is 0 Å². The molecule has 1 saturated carbocycles. The van der Waals surface area contributed by atoms with E-state index < -0.39 is 0 Å². The Morgan fingerprint density at radius 2 is 2.17 bits per heavy atom. The van der Waals surface area contributed by atoms with Gasteiger partial charge in [-0.25, -0.2) is 0 Å². The lowest BCUT2D eigenvalue weighted by molar-refractivity contribution is -0.00530. The van der Waals surface area contributed by atoms with Crippen LogP contribution in [0.25, 0.3) is 11.5 Å². The highest BCUT2D eigenvalue weighted by molar-refractivity contribution is 7.99. The third-order valence-electron chi connectivity index (χ3n) is 4.29. The van der Waals surface area contributed by atoms with Crippen molar-refractivity contribution in [3.63, 3.8) is 0 Å². The molecular weight excluding hydrogens is 346 g/mol. The summed E-state index contributed by atoms with van der Waals surface area (Å²) in [6.07, 6.45) is 3.48. The summed E-state index contributed by atoms with van der Waals surface area (Å²) >= 11 is 7.75. The Balaban J connectivity index is 1.62. The molecule has 4 atom stereocenters. The van der Waals surface area contributed by atoms with Crippen LogP contribution >= 0.6 is 23.4 Å². The predicted molar refractivity (Wildman–Crippen MR) is 97.4 cm³/mol. The van der Waals surface area contributed by atoms with Gasteiger partial charge in [-0.3, -0.25) is 0 Å². The first-order valence-electron chi connectivity index (χ1n) is 8.12. The van der Waals surface area contributed by atoms with E-state index in [0.29, 0.717) is 34.1 Å². The van der Waals surface area contributed by atoms with Crippen LogP contribution in [0, 0.1) is 0 Å². The molecule has 5 nitrogen and oxygen atoms in total. The molecule has 130 valence electrons. The molecule has 0 bridgehead atoms. The molecule has 24 heavy (non-hydrogen) atoms. The fraction of sp³-hybridized carbons (Fsp3) is 0.529. The first-order chi connectivity index (χ1) is 11.6. The Labute approximate surface area is 151 Å². The number of rotatable bonds is 7. The van der Waals surface area contributed by atoms with Crippen molar-refractivity contribution in [2.45, 2.75) is 43.7 Å². The van der Waals surface area contributed by atoms with Gasteiger partial charge in [-0.1, -0.05) is 16.8 Å². The van der Waals surface area contributed by atoms with Gasteiger partial charge < -0.3 is 14.6 Å². The maximum absolute atomic E-state index is 5.91. The van der Waals surface area contributed by atoms with Gasteiger partial charge in [0.15, 0.2) is 5.82 Å². The number of hydrogen-bond donors (Lipinski definition) is 1. The molecule has 0 aliphatic heterocycles. The number of nitrogens with zero attached hydrogens (tertiary/aromatic N) is 2. The molecule has 1 aromatic carbocycles. The molecule has 0 unspecified atom stereocenters. The number of thioether (sulfide) groups is 1. The quantitative estimate of drug-likeness (QED) is 0.799. The van der Waals surface area contributed by atoms with Crippen LogP contribution < -0.4 is 5.32 Å². The maximum Gasteiger partial charge on any atom is 0.257 e. The molecule has 3 rings (SSSR count). The Kier molecular flexibility index (Phi) is 5.81. The molecule has 0 radical (unpaired) electrons. The second-order valence-electron chi connectivity index (χ2n) is 5.89. The highest BCUT2D eigenvalue weighted by atomic mass is 35.5. The molecule has 1 aliphatic carbocycles. The molecule has 1 aromatic heterocycles. The SMILES string of the molecule is CCO[C@@H]1C[C@H](N[C@H](C)c2noc(-c3ccc(Cl)cc3)n2)[C@@H]1SC. The number of halogens is 1. The Morgan fingerprint density at radius 3 is 2.83 bits per heavy atom. The van der Waals surface area contributed by atoms with E-state index >= 15 is 0 Å². The van der Waals surface area contributed by atoms with Crippen LogP contribution in [0.2, 0.25) is 5.02 Å². The molecule has 0 spiro atoms. The predicted octanol–water partition coefficient (Wildman–Crippen LogP) is 3.95. The van der Waals surface area contributed by atoms with E-state index in [1.165, 1.54) is 0 Å². The average Bonchev–Trinajstić information content (AvgIpc) is 3.04. The fourth-order valence-corrected chi connectivity index (χ4v) is 4.09. The molecule has 1 fully saturated rings. The summed E-state index contributed by atoms with van der Waals surface area (Å²) in [4.78, 5) is 4.51. The largest absolute Gasteiger partial charge is 0.377 e. The zero-order chi connectivity index (χ0) is 17.1. The minimum absolute atomic E-state index is 0.0250. The zero-order valence-electron chi connectivity index (χ0n) is 14.0. The van der Waals surface area contributed by atoms with E-state index in [4.69, 9.17) is 20.9 Å². The van der Waals surface area contributed by atoms with Crippen molar-refractivity contribution in [3.05, 3.63) is 35.1 Å².